The predicted molar refractivity (Wildman–Crippen MR) is 82.1 cm³/mol. The van der Waals surface area contributed by atoms with E-state index in [9.17, 15) is 9.90 Å². The van der Waals surface area contributed by atoms with Crippen molar-refractivity contribution in [3.05, 3.63) is 0 Å². The molecule has 2 heterocycles. The molecule has 1 aliphatic carbocycles. The summed E-state index contributed by atoms with van der Waals surface area (Å²) in [4.78, 5) is 17.0. The van der Waals surface area contributed by atoms with Crippen molar-refractivity contribution in [3.8, 4) is 0 Å². The zero-order valence-corrected chi connectivity index (χ0v) is 13.0. The van der Waals surface area contributed by atoms with Gasteiger partial charge in [-0.2, -0.15) is 0 Å². The van der Waals surface area contributed by atoms with Crippen LogP contribution in [0.3, 0.4) is 0 Å². The minimum Gasteiger partial charge on any atom is -0.395 e. The van der Waals surface area contributed by atoms with E-state index >= 15 is 0 Å². The lowest BCUT2D eigenvalue weighted by atomic mass is 10.0. The van der Waals surface area contributed by atoms with E-state index in [1.807, 2.05) is 0 Å². The summed E-state index contributed by atoms with van der Waals surface area (Å²) >= 11 is 0. The third-order valence-electron chi connectivity index (χ3n) is 5.26. The van der Waals surface area contributed by atoms with Crippen molar-refractivity contribution in [1.29, 1.82) is 0 Å². The van der Waals surface area contributed by atoms with Gasteiger partial charge in [0.05, 0.1) is 13.2 Å². The molecular formula is C16H29N3O2. The van der Waals surface area contributed by atoms with Gasteiger partial charge in [0.2, 0.25) is 5.91 Å². The molecule has 3 rings (SSSR count). The van der Waals surface area contributed by atoms with E-state index in [1.54, 1.807) is 0 Å². The molecule has 0 radical (unpaired) electrons. The Labute approximate surface area is 127 Å². The quantitative estimate of drug-likeness (QED) is 0.779. The number of aliphatic hydroxyl groups excluding tert-OH is 1. The van der Waals surface area contributed by atoms with E-state index in [0.29, 0.717) is 12.6 Å². The molecule has 3 aliphatic rings. The second-order valence-corrected chi connectivity index (χ2v) is 6.91. The minimum atomic E-state index is 0.139. The third kappa shape index (κ3) is 4.18. The van der Waals surface area contributed by atoms with Gasteiger partial charge < -0.3 is 15.3 Å². The number of hydrogen-bond donors (Lipinski definition) is 2. The van der Waals surface area contributed by atoms with Crippen molar-refractivity contribution in [2.75, 3.05) is 32.8 Å². The monoisotopic (exact) mass is 295 g/mol. The van der Waals surface area contributed by atoms with Crippen molar-refractivity contribution in [3.63, 3.8) is 0 Å². The average Bonchev–Trinajstić information content (AvgIpc) is 3.33. The summed E-state index contributed by atoms with van der Waals surface area (Å²) in [6.07, 6.45) is 8.25. The molecule has 21 heavy (non-hydrogen) atoms. The molecule has 3 fully saturated rings. The summed E-state index contributed by atoms with van der Waals surface area (Å²) in [5.41, 5.74) is 0. The Bertz CT molecular complexity index is 351. The molecule has 5 heteroatoms. The Hall–Kier alpha value is -0.650. The second-order valence-electron chi connectivity index (χ2n) is 6.91. The van der Waals surface area contributed by atoms with Gasteiger partial charge in [-0.05, 0) is 45.1 Å². The summed E-state index contributed by atoms with van der Waals surface area (Å²) in [7, 11) is 0. The van der Waals surface area contributed by atoms with Crippen LogP contribution in [0, 0.1) is 0 Å². The average molecular weight is 295 g/mol. The minimum absolute atomic E-state index is 0.139. The first kappa shape index (κ1) is 15.3. The molecule has 5 nitrogen and oxygen atoms in total. The van der Waals surface area contributed by atoms with Gasteiger partial charge in [-0.3, -0.25) is 9.69 Å². The van der Waals surface area contributed by atoms with Gasteiger partial charge in [0.1, 0.15) is 0 Å². The predicted octanol–water partition coefficient (Wildman–Crippen LogP) is 0.576. The van der Waals surface area contributed by atoms with Crippen LogP contribution in [0.1, 0.15) is 44.9 Å². The van der Waals surface area contributed by atoms with Crippen molar-refractivity contribution < 1.29 is 9.90 Å². The van der Waals surface area contributed by atoms with Crippen LogP contribution in [0.4, 0.5) is 0 Å². The zero-order chi connectivity index (χ0) is 14.7. The van der Waals surface area contributed by atoms with Crippen LogP contribution >= 0.6 is 0 Å². The van der Waals surface area contributed by atoms with E-state index in [2.05, 4.69) is 15.1 Å². The lowest BCUT2D eigenvalue weighted by molar-refractivity contribution is -0.124. The molecule has 2 aliphatic heterocycles. The van der Waals surface area contributed by atoms with Crippen molar-refractivity contribution in [1.82, 2.24) is 15.1 Å². The normalized spacial score (nSPS) is 29.5. The number of hydrogen-bond acceptors (Lipinski definition) is 4. The maximum absolute atomic E-state index is 12.2. The van der Waals surface area contributed by atoms with Gasteiger partial charge in [-0.25, -0.2) is 0 Å². The smallest absolute Gasteiger partial charge is 0.234 e. The molecule has 0 aromatic heterocycles. The molecule has 120 valence electrons. The number of nitrogens with zero attached hydrogens (tertiary/aromatic N) is 2. The lowest BCUT2D eigenvalue weighted by Gasteiger charge is -2.35. The third-order valence-corrected chi connectivity index (χ3v) is 5.26. The van der Waals surface area contributed by atoms with Crippen LogP contribution in [0.2, 0.25) is 0 Å². The zero-order valence-electron chi connectivity index (χ0n) is 13.0. The van der Waals surface area contributed by atoms with Crippen molar-refractivity contribution >= 4 is 5.91 Å². The molecule has 1 atom stereocenters. The van der Waals surface area contributed by atoms with Gasteiger partial charge >= 0.3 is 0 Å². The molecule has 2 N–H and O–H groups in total. The largest absolute Gasteiger partial charge is 0.395 e. The number of piperidine rings is 2. The summed E-state index contributed by atoms with van der Waals surface area (Å²) in [5.74, 6) is 0.139. The summed E-state index contributed by atoms with van der Waals surface area (Å²) in [6, 6.07) is 1.38. The summed E-state index contributed by atoms with van der Waals surface area (Å²) in [6.45, 7) is 3.84. The highest BCUT2D eigenvalue weighted by molar-refractivity contribution is 5.78. The Morgan fingerprint density at radius 1 is 1.05 bits per heavy atom. The number of nitrogens with one attached hydrogen (secondary N) is 1. The molecule has 1 amide bonds. The highest BCUT2D eigenvalue weighted by Gasteiger charge is 2.32. The van der Waals surface area contributed by atoms with Gasteiger partial charge in [0.25, 0.3) is 0 Å². The van der Waals surface area contributed by atoms with Crippen LogP contribution in [0.5, 0.6) is 0 Å². The number of carbonyl (C=O) groups is 1. The first-order valence-electron chi connectivity index (χ1n) is 8.64. The Kier molecular flexibility index (Phi) is 5.14. The molecular weight excluding hydrogens is 266 g/mol. The van der Waals surface area contributed by atoms with E-state index in [-0.39, 0.29) is 18.6 Å². The van der Waals surface area contributed by atoms with E-state index in [0.717, 1.165) is 51.4 Å². The first-order chi connectivity index (χ1) is 10.3. The molecule has 0 aromatic carbocycles. The number of aliphatic hydroxyl groups is 1. The Morgan fingerprint density at radius 2 is 1.81 bits per heavy atom. The highest BCUT2D eigenvalue weighted by atomic mass is 16.3. The standard InChI is InChI=1S/C16H29N3O2/c20-12-15-3-1-2-8-19(15)11-16(21)17-13-6-9-18(10-7-13)14-4-5-14/h13-15,20H,1-12H2,(H,17,21). The number of likely N-dealkylation sites (tertiary alicyclic amines) is 2. The number of carbonyl (C=O) groups excluding carboxylic acids is 1. The van der Waals surface area contributed by atoms with E-state index in [1.165, 1.54) is 19.3 Å². The lowest BCUT2D eigenvalue weighted by Crippen LogP contribution is -2.51. The Balaban J connectivity index is 1.39. The second kappa shape index (κ2) is 7.07. The molecule has 2 saturated heterocycles. The van der Waals surface area contributed by atoms with Crippen LogP contribution in [-0.4, -0.2) is 71.7 Å². The van der Waals surface area contributed by atoms with Crippen molar-refractivity contribution in [2.45, 2.75) is 63.1 Å². The van der Waals surface area contributed by atoms with Gasteiger partial charge in [0, 0.05) is 31.2 Å². The first-order valence-corrected chi connectivity index (χ1v) is 8.64. The van der Waals surface area contributed by atoms with Crippen LogP contribution in [-0.2, 0) is 4.79 Å². The summed E-state index contributed by atoms with van der Waals surface area (Å²) in [5, 5.41) is 12.6. The van der Waals surface area contributed by atoms with Gasteiger partial charge in [-0.15, -0.1) is 0 Å². The topological polar surface area (TPSA) is 55.8 Å². The molecule has 0 aromatic rings. The van der Waals surface area contributed by atoms with Crippen LogP contribution in [0.15, 0.2) is 0 Å². The van der Waals surface area contributed by atoms with Gasteiger partial charge in [0.15, 0.2) is 0 Å². The van der Waals surface area contributed by atoms with Crippen molar-refractivity contribution in [2.24, 2.45) is 0 Å². The maximum Gasteiger partial charge on any atom is 0.234 e. The number of rotatable bonds is 5. The Morgan fingerprint density at radius 3 is 2.48 bits per heavy atom. The SMILES string of the molecule is O=C(CN1CCCCC1CO)NC1CCN(C2CC2)CC1. The number of amides is 1. The fourth-order valence-electron chi connectivity index (χ4n) is 3.78. The molecule has 1 unspecified atom stereocenters. The highest BCUT2D eigenvalue weighted by Crippen LogP contribution is 2.29. The maximum atomic E-state index is 12.2. The fraction of sp³-hybridized carbons (Fsp3) is 0.938. The summed E-state index contributed by atoms with van der Waals surface area (Å²) < 4.78 is 0. The van der Waals surface area contributed by atoms with Gasteiger partial charge in [-0.1, -0.05) is 6.42 Å². The molecule has 0 spiro atoms. The van der Waals surface area contributed by atoms with Crippen LogP contribution < -0.4 is 5.32 Å². The molecule has 0 bridgehead atoms. The van der Waals surface area contributed by atoms with Crippen LogP contribution in [0.25, 0.3) is 0 Å². The van der Waals surface area contributed by atoms with E-state index in [4.69, 9.17) is 0 Å². The van der Waals surface area contributed by atoms with E-state index < -0.39 is 0 Å². The fourth-order valence-corrected chi connectivity index (χ4v) is 3.78. The molecule has 1 saturated carbocycles.